The number of nitrogens with one attached hydrogen (secondary N) is 1. The Bertz CT molecular complexity index is 905. The van der Waals surface area contributed by atoms with Crippen molar-refractivity contribution in [1.82, 2.24) is 4.98 Å². The molecule has 2 rings (SSSR count). The van der Waals surface area contributed by atoms with Gasteiger partial charge in [-0.3, -0.25) is 9.71 Å². The molecule has 0 bridgehead atoms. The molecule has 0 aliphatic rings. The van der Waals surface area contributed by atoms with Gasteiger partial charge in [0.25, 0.3) is 0 Å². The second kappa shape index (κ2) is 5.15. The van der Waals surface area contributed by atoms with Crippen LogP contribution in [0.25, 0.3) is 10.9 Å². The summed E-state index contributed by atoms with van der Waals surface area (Å²) in [4.78, 5) is 4.13. The molecule has 1 aromatic carbocycles. The van der Waals surface area contributed by atoms with Gasteiger partial charge < -0.3 is 4.18 Å². The number of rotatable bonds is 4. The van der Waals surface area contributed by atoms with E-state index in [0.29, 0.717) is 10.9 Å². The fraction of sp³-hybridized carbons (Fsp3) is 0.250. The first kappa shape index (κ1) is 15.5. The number of fused-ring (bicyclic) bond motifs is 1. The lowest BCUT2D eigenvalue weighted by molar-refractivity contribution is 0.494. The molecule has 0 fully saturated rings. The average Bonchev–Trinajstić information content (AvgIpc) is 2.27. The number of nitrogens with zero attached hydrogens (tertiary/aromatic N) is 1. The minimum Gasteiger partial charge on any atom is -0.380 e. The molecule has 9 heteroatoms. The Balaban J connectivity index is 2.71. The maximum atomic E-state index is 11.4. The van der Waals surface area contributed by atoms with Crippen molar-refractivity contribution in [3.8, 4) is 5.75 Å². The number of aryl methyl sites for hydroxylation is 1. The van der Waals surface area contributed by atoms with Crippen LogP contribution in [0, 0.1) is 6.92 Å². The highest BCUT2D eigenvalue weighted by atomic mass is 32.2. The van der Waals surface area contributed by atoms with E-state index in [4.69, 9.17) is 4.18 Å². The lowest BCUT2D eigenvalue weighted by Crippen LogP contribution is -2.13. The molecule has 0 spiro atoms. The van der Waals surface area contributed by atoms with Crippen LogP contribution in [-0.2, 0) is 20.1 Å². The van der Waals surface area contributed by atoms with E-state index in [9.17, 15) is 16.8 Å². The van der Waals surface area contributed by atoms with Gasteiger partial charge in [0.05, 0.1) is 23.7 Å². The third-order valence-electron chi connectivity index (χ3n) is 2.60. The van der Waals surface area contributed by atoms with Gasteiger partial charge in [-0.25, -0.2) is 8.42 Å². The largest absolute Gasteiger partial charge is 0.380 e. The van der Waals surface area contributed by atoms with Crippen LogP contribution in [0.3, 0.4) is 0 Å². The molecule has 0 saturated carbocycles. The predicted molar refractivity (Wildman–Crippen MR) is 80.4 cm³/mol. The summed E-state index contributed by atoms with van der Waals surface area (Å²) in [6.07, 6.45) is 3.43. The van der Waals surface area contributed by atoms with Crippen molar-refractivity contribution in [2.24, 2.45) is 0 Å². The molecule has 1 aromatic heterocycles. The van der Waals surface area contributed by atoms with E-state index in [0.717, 1.165) is 18.1 Å². The predicted octanol–water partition coefficient (Wildman–Crippen LogP) is 1.25. The van der Waals surface area contributed by atoms with Gasteiger partial charge in [-0.2, -0.15) is 8.42 Å². The van der Waals surface area contributed by atoms with Gasteiger partial charge in [-0.1, -0.05) is 0 Å². The maximum absolute atomic E-state index is 11.4. The number of benzene rings is 1. The Kier molecular flexibility index (Phi) is 3.81. The van der Waals surface area contributed by atoms with Gasteiger partial charge in [0.2, 0.25) is 10.0 Å². The normalized spacial score (nSPS) is 12.3. The van der Waals surface area contributed by atoms with Gasteiger partial charge in [-0.15, -0.1) is 0 Å². The third kappa shape index (κ3) is 4.05. The molecule has 0 unspecified atom stereocenters. The minimum atomic E-state index is -3.79. The van der Waals surface area contributed by atoms with E-state index in [-0.39, 0.29) is 11.4 Å². The van der Waals surface area contributed by atoms with E-state index in [1.54, 1.807) is 12.3 Å². The zero-order valence-corrected chi connectivity index (χ0v) is 13.2. The zero-order valence-electron chi connectivity index (χ0n) is 11.6. The Morgan fingerprint density at radius 1 is 1.14 bits per heavy atom. The van der Waals surface area contributed by atoms with Crippen molar-refractivity contribution in [1.29, 1.82) is 0 Å². The smallest absolute Gasteiger partial charge is 0.306 e. The highest BCUT2D eigenvalue weighted by molar-refractivity contribution is 7.92. The average molecular weight is 330 g/mol. The van der Waals surface area contributed by atoms with E-state index in [1.165, 1.54) is 12.1 Å². The number of anilines is 1. The van der Waals surface area contributed by atoms with Crippen molar-refractivity contribution in [3.63, 3.8) is 0 Å². The van der Waals surface area contributed by atoms with E-state index < -0.39 is 20.1 Å². The molecule has 0 aliphatic heterocycles. The molecular formula is C12H14N2O5S2. The summed E-state index contributed by atoms with van der Waals surface area (Å²) in [5.41, 5.74) is 1.42. The third-order valence-corrected chi connectivity index (χ3v) is 3.67. The first-order valence-electron chi connectivity index (χ1n) is 5.82. The monoisotopic (exact) mass is 330 g/mol. The van der Waals surface area contributed by atoms with Gasteiger partial charge >= 0.3 is 10.1 Å². The van der Waals surface area contributed by atoms with Crippen molar-refractivity contribution in [2.75, 3.05) is 17.2 Å². The Labute approximate surface area is 123 Å². The standard InChI is InChI=1S/C12H14N2O5S2/c1-8-4-5-13-10-7-11(14-20(2,15)16)12(6-9(8)10)19-21(3,17)18/h4-7,14H,1-3H3. The Hall–Kier alpha value is -1.87. The molecule has 21 heavy (non-hydrogen) atoms. The van der Waals surface area contributed by atoms with Gasteiger partial charge in [0.15, 0.2) is 5.75 Å². The second-order valence-corrected chi connectivity index (χ2v) is 7.98. The van der Waals surface area contributed by atoms with E-state index in [1.807, 2.05) is 6.92 Å². The summed E-state index contributed by atoms with van der Waals surface area (Å²) in [5, 5.41) is 0.676. The minimum absolute atomic E-state index is 0.0218. The Morgan fingerprint density at radius 3 is 2.38 bits per heavy atom. The van der Waals surface area contributed by atoms with Crippen LogP contribution in [0.4, 0.5) is 5.69 Å². The highest BCUT2D eigenvalue weighted by Gasteiger charge is 2.15. The van der Waals surface area contributed by atoms with Crippen LogP contribution in [0.15, 0.2) is 24.4 Å². The number of hydrogen-bond donors (Lipinski definition) is 1. The molecular weight excluding hydrogens is 316 g/mol. The fourth-order valence-corrected chi connectivity index (χ4v) is 2.84. The summed E-state index contributed by atoms with van der Waals surface area (Å²) < 4.78 is 52.5. The Morgan fingerprint density at radius 2 is 1.81 bits per heavy atom. The van der Waals surface area contributed by atoms with E-state index in [2.05, 4.69) is 9.71 Å². The molecule has 0 amide bonds. The molecule has 114 valence electrons. The molecule has 0 atom stereocenters. The summed E-state index contributed by atoms with van der Waals surface area (Å²) in [7, 11) is -7.38. The van der Waals surface area contributed by atoms with Gasteiger partial charge in [0, 0.05) is 11.6 Å². The molecule has 0 saturated heterocycles. The maximum Gasteiger partial charge on any atom is 0.306 e. The van der Waals surface area contributed by atoms with Crippen LogP contribution in [0.2, 0.25) is 0 Å². The number of sulfonamides is 1. The summed E-state index contributed by atoms with van der Waals surface area (Å²) in [6, 6.07) is 4.65. The summed E-state index contributed by atoms with van der Waals surface area (Å²) in [5.74, 6) is -0.0912. The summed E-state index contributed by atoms with van der Waals surface area (Å²) >= 11 is 0. The summed E-state index contributed by atoms with van der Waals surface area (Å²) in [6.45, 7) is 1.83. The van der Waals surface area contributed by atoms with Gasteiger partial charge in [-0.05, 0) is 30.7 Å². The quantitative estimate of drug-likeness (QED) is 0.847. The molecule has 0 aliphatic carbocycles. The fourth-order valence-electron chi connectivity index (χ4n) is 1.82. The number of aromatic nitrogens is 1. The number of pyridine rings is 1. The molecule has 7 nitrogen and oxygen atoms in total. The topological polar surface area (TPSA) is 102 Å². The molecule has 0 radical (unpaired) electrons. The van der Waals surface area contributed by atoms with Crippen molar-refractivity contribution >= 4 is 36.7 Å². The van der Waals surface area contributed by atoms with Crippen molar-refractivity contribution in [2.45, 2.75) is 6.92 Å². The van der Waals surface area contributed by atoms with Crippen molar-refractivity contribution in [3.05, 3.63) is 30.0 Å². The van der Waals surface area contributed by atoms with Crippen LogP contribution in [0.1, 0.15) is 5.56 Å². The molecule has 2 aromatic rings. The van der Waals surface area contributed by atoms with Gasteiger partial charge in [0.1, 0.15) is 0 Å². The highest BCUT2D eigenvalue weighted by Crippen LogP contribution is 2.32. The number of hydrogen-bond acceptors (Lipinski definition) is 6. The molecule has 1 N–H and O–H groups in total. The van der Waals surface area contributed by atoms with Crippen LogP contribution >= 0.6 is 0 Å². The second-order valence-electron chi connectivity index (χ2n) is 4.66. The first-order chi connectivity index (χ1) is 9.55. The SMILES string of the molecule is Cc1ccnc2cc(NS(C)(=O)=O)c(OS(C)(=O)=O)cc12. The zero-order chi connectivity index (χ0) is 15.8. The van der Waals surface area contributed by atoms with Crippen molar-refractivity contribution < 1.29 is 21.0 Å². The lowest BCUT2D eigenvalue weighted by Gasteiger charge is -2.12. The molecule has 1 heterocycles. The van der Waals surface area contributed by atoms with Crippen LogP contribution in [0.5, 0.6) is 5.75 Å². The van der Waals surface area contributed by atoms with Crippen LogP contribution in [-0.4, -0.2) is 34.3 Å². The van der Waals surface area contributed by atoms with E-state index >= 15 is 0 Å². The van der Waals surface area contributed by atoms with Crippen LogP contribution < -0.4 is 8.91 Å². The first-order valence-corrected chi connectivity index (χ1v) is 9.52. The lowest BCUT2D eigenvalue weighted by atomic mass is 10.1.